The number of aryl methyl sites for hydroxylation is 1. The first-order chi connectivity index (χ1) is 6.72. The third-order valence-corrected chi connectivity index (χ3v) is 2.93. The van der Waals surface area contributed by atoms with Crippen LogP contribution in [0.2, 0.25) is 0 Å². The van der Waals surface area contributed by atoms with E-state index in [9.17, 15) is 4.79 Å². The van der Waals surface area contributed by atoms with Crippen LogP contribution in [0, 0.1) is 0 Å². The van der Waals surface area contributed by atoms with Gasteiger partial charge in [-0.05, 0) is 11.6 Å². The summed E-state index contributed by atoms with van der Waals surface area (Å²) in [5.74, 6) is 0.263. The number of carbonyl (C=O) groups is 1. The molecule has 76 valence electrons. The van der Waals surface area contributed by atoms with Gasteiger partial charge in [-0.1, -0.05) is 6.92 Å². The zero-order chi connectivity index (χ0) is 10.1. The lowest BCUT2D eigenvalue weighted by Gasteiger charge is -2.27. The van der Waals surface area contributed by atoms with E-state index >= 15 is 0 Å². The van der Waals surface area contributed by atoms with Crippen molar-refractivity contribution in [2.75, 3.05) is 6.54 Å². The van der Waals surface area contributed by atoms with Crippen LogP contribution in [0.25, 0.3) is 0 Å². The molecule has 3 heteroatoms. The summed E-state index contributed by atoms with van der Waals surface area (Å²) in [7, 11) is 2.07. The van der Waals surface area contributed by atoms with Crippen molar-refractivity contribution in [3.63, 3.8) is 0 Å². The zero-order valence-electron chi connectivity index (χ0n) is 8.79. The molecule has 3 nitrogen and oxygen atoms in total. The number of rotatable bonds is 1. The molecule has 14 heavy (non-hydrogen) atoms. The van der Waals surface area contributed by atoms with Gasteiger partial charge in [0.25, 0.3) is 0 Å². The summed E-state index contributed by atoms with van der Waals surface area (Å²) in [6.07, 6.45) is 3.68. The molecule has 2 rings (SSSR count). The minimum Gasteiger partial charge on any atom is -0.354 e. The van der Waals surface area contributed by atoms with Crippen LogP contribution < -0.4 is 0 Å². The number of amides is 1. The summed E-state index contributed by atoms with van der Waals surface area (Å²) in [5.41, 5.74) is 2.69. The zero-order valence-corrected chi connectivity index (χ0v) is 8.79. The number of carbonyl (C=O) groups excluding carboxylic acids is 1. The fraction of sp³-hybridized carbons (Fsp3) is 0.545. The normalized spacial score (nSPS) is 15.4. The summed E-state index contributed by atoms with van der Waals surface area (Å²) < 4.78 is 2.16. The lowest BCUT2D eigenvalue weighted by atomic mass is 10.1. The summed E-state index contributed by atoms with van der Waals surface area (Å²) in [6.45, 7) is 3.59. The summed E-state index contributed by atoms with van der Waals surface area (Å²) in [6, 6.07) is 2.12. The number of hydrogen-bond donors (Lipinski definition) is 0. The predicted molar refractivity (Wildman–Crippen MR) is 54.8 cm³/mol. The number of fused-ring (bicyclic) bond motifs is 1. The number of aromatic nitrogens is 1. The third-order valence-electron chi connectivity index (χ3n) is 2.93. The Morgan fingerprint density at radius 2 is 2.36 bits per heavy atom. The average molecular weight is 192 g/mol. The molecule has 1 aliphatic heterocycles. The van der Waals surface area contributed by atoms with E-state index in [4.69, 9.17) is 0 Å². The summed E-state index contributed by atoms with van der Waals surface area (Å²) in [4.78, 5) is 13.4. The molecule has 1 aromatic rings. The van der Waals surface area contributed by atoms with E-state index in [0.717, 1.165) is 19.5 Å². The average Bonchev–Trinajstić information content (AvgIpc) is 2.59. The van der Waals surface area contributed by atoms with Gasteiger partial charge in [-0.3, -0.25) is 4.79 Å². The van der Waals surface area contributed by atoms with E-state index in [1.54, 1.807) is 0 Å². The Hall–Kier alpha value is -1.25. The van der Waals surface area contributed by atoms with Crippen molar-refractivity contribution in [1.82, 2.24) is 9.47 Å². The van der Waals surface area contributed by atoms with Gasteiger partial charge >= 0.3 is 0 Å². The van der Waals surface area contributed by atoms with Crippen molar-refractivity contribution < 1.29 is 4.79 Å². The first-order valence-electron chi connectivity index (χ1n) is 5.13. The monoisotopic (exact) mass is 192 g/mol. The Labute approximate surface area is 84.3 Å². The van der Waals surface area contributed by atoms with Gasteiger partial charge in [-0.2, -0.15) is 0 Å². The van der Waals surface area contributed by atoms with Crippen LogP contribution in [0.4, 0.5) is 0 Å². The highest BCUT2D eigenvalue weighted by molar-refractivity contribution is 5.76. The lowest BCUT2D eigenvalue weighted by molar-refractivity contribution is -0.131. The highest BCUT2D eigenvalue weighted by atomic mass is 16.2. The molecule has 0 radical (unpaired) electrons. The van der Waals surface area contributed by atoms with Gasteiger partial charge in [0.05, 0.1) is 0 Å². The molecule has 1 amide bonds. The number of hydrogen-bond acceptors (Lipinski definition) is 1. The van der Waals surface area contributed by atoms with Gasteiger partial charge < -0.3 is 9.47 Å². The molecule has 0 fully saturated rings. The highest BCUT2D eigenvalue weighted by Crippen LogP contribution is 2.19. The maximum absolute atomic E-state index is 11.5. The van der Waals surface area contributed by atoms with Gasteiger partial charge in [-0.15, -0.1) is 0 Å². The predicted octanol–water partition coefficient (Wildman–Crippen LogP) is 1.32. The standard InChI is InChI=1S/C11H16N2O/c1-3-11(14)13-7-5-10-9(8-13)4-6-12(10)2/h4,6H,3,5,7-8H2,1-2H3. The van der Waals surface area contributed by atoms with E-state index < -0.39 is 0 Å². The van der Waals surface area contributed by atoms with Gasteiger partial charge in [-0.25, -0.2) is 0 Å². The van der Waals surface area contributed by atoms with Gasteiger partial charge in [0.2, 0.25) is 5.91 Å². The fourth-order valence-corrected chi connectivity index (χ4v) is 2.06. The molecule has 0 saturated carbocycles. The second kappa shape index (κ2) is 3.48. The fourth-order valence-electron chi connectivity index (χ4n) is 2.06. The second-order valence-corrected chi connectivity index (χ2v) is 3.82. The molecule has 0 aliphatic carbocycles. The van der Waals surface area contributed by atoms with Crippen LogP contribution in [0.3, 0.4) is 0 Å². The Balaban J connectivity index is 2.18. The lowest BCUT2D eigenvalue weighted by Crippen LogP contribution is -2.35. The molecule has 0 unspecified atom stereocenters. The van der Waals surface area contributed by atoms with Crippen molar-refractivity contribution in [2.45, 2.75) is 26.3 Å². The first kappa shape index (κ1) is 9.31. The van der Waals surface area contributed by atoms with Gasteiger partial charge in [0.1, 0.15) is 0 Å². The quantitative estimate of drug-likeness (QED) is 0.658. The molecule has 1 aliphatic rings. The van der Waals surface area contributed by atoms with Crippen LogP contribution in [-0.2, 0) is 24.8 Å². The minimum absolute atomic E-state index is 0.263. The third kappa shape index (κ3) is 1.43. The van der Waals surface area contributed by atoms with Gasteiger partial charge in [0, 0.05) is 44.9 Å². The molecule has 0 spiro atoms. The molecule has 0 bridgehead atoms. The molecule has 0 N–H and O–H groups in total. The summed E-state index contributed by atoms with van der Waals surface area (Å²) in [5, 5.41) is 0. The maximum atomic E-state index is 11.5. The maximum Gasteiger partial charge on any atom is 0.222 e. The van der Waals surface area contributed by atoms with Crippen LogP contribution in [0.15, 0.2) is 12.3 Å². The van der Waals surface area contributed by atoms with Gasteiger partial charge in [0.15, 0.2) is 0 Å². The molecule has 2 heterocycles. The van der Waals surface area contributed by atoms with Crippen molar-refractivity contribution in [3.05, 3.63) is 23.5 Å². The Kier molecular flexibility index (Phi) is 2.32. The Morgan fingerprint density at radius 1 is 1.57 bits per heavy atom. The molecule has 0 saturated heterocycles. The van der Waals surface area contributed by atoms with Crippen molar-refractivity contribution in [3.8, 4) is 0 Å². The van der Waals surface area contributed by atoms with Crippen molar-refractivity contribution >= 4 is 5.91 Å². The van der Waals surface area contributed by atoms with Crippen molar-refractivity contribution in [1.29, 1.82) is 0 Å². The van der Waals surface area contributed by atoms with Crippen LogP contribution >= 0.6 is 0 Å². The Morgan fingerprint density at radius 3 is 3.07 bits per heavy atom. The van der Waals surface area contributed by atoms with Crippen LogP contribution in [0.1, 0.15) is 24.6 Å². The molecule has 1 aromatic heterocycles. The van der Waals surface area contributed by atoms with Crippen LogP contribution in [0.5, 0.6) is 0 Å². The smallest absolute Gasteiger partial charge is 0.222 e. The highest BCUT2D eigenvalue weighted by Gasteiger charge is 2.20. The van der Waals surface area contributed by atoms with E-state index in [0.29, 0.717) is 6.42 Å². The minimum atomic E-state index is 0.263. The van der Waals surface area contributed by atoms with E-state index in [1.165, 1.54) is 11.3 Å². The SMILES string of the molecule is CCC(=O)N1CCc2c(ccn2C)C1. The largest absolute Gasteiger partial charge is 0.354 e. The first-order valence-corrected chi connectivity index (χ1v) is 5.13. The molecular weight excluding hydrogens is 176 g/mol. The number of nitrogens with zero attached hydrogens (tertiary/aromatic N) is 2. The Bertz CT molecular complexity index is 354. The van der Waals surface area contributed by atoms with Crippen LogP contribution in [-0.4, -0.2) is 21.9 Å². The summed E-state index contributed by atoms with van der Waals surface area (Å²) >= 11 is 0. The molecule has 0 aromatic carbocycles. The van der Waals surface area contributed by atoms with E-state index in [1.807, 2.05) is 11.8 Å². The van der Waals surface area contributed by atoms with Crippen molar-refractivity contribution in [2.24, 2.45) is 7.05 Å². The van der Waals surface area contributed by atoms with E-state index in [-0.39, 0.29) is 5.91 Å². The molecule has 0 atom stereocenters. The van der Waals surface area contributed by atoms with E-state index in [2.05, 4.69) is 23.9 Å². The topological polar surface area (TPSA) is 25.2 Å². The molecular formula is C11H16N2O. The second-order valence-electron chi connectivity index (χ2n) is 3.82.